The number of hydrogen-bond acceptors (Lipinski definition) is 5. The van der Waals surface area contributed by atoms with E-state index in [1.807, 2.05) is 32.0 Å². The maximum absolute atomic E-state index is 12.6. The molecule has 0 bridgehead atoms. The van der Waals surface area contributed by atoms with E-state index in [2.05, 4.69) is 23.5 Å². The van der Waals surface area contributed by atoms with Crippen molar-refractivity contribution in [2.24, 2.45) is 0 Å². The average Bonchev–Trinajstić information content (AvgIpc) is 2.97. The summed E-state index contributed by atoms with van der Waals surface area (Å²) in [6, 6.07) is 11.8. The number of aryl methyl sites for hydroxylation is 2. The Balaban J connectivity index is 1.70. The predicted octanol–water partition coefficient (Wildman–Crippen LogP) is 3.72. The molecule has 0 radical (unpaired) electrons. The summed E-state index contributed by atoms with van der Waals surface area (Å²) in [5, 5.41) is 2.61. The molecule has 2 aliphatic rings. The van der Waals surface area contributed by atoms with E-state index in [-0.39, 0.29) is 18.4 Å². The molecule has 0 saturated carbocycles. The third-order valence-electron chi connectivity index (χ3n) is 4.70. The topological polar surface area (TPSA) is 58.6 Å². The van der Waals surface area contributed by atoms with E-state index in [0.717, 1.165) is 22.3 Å². The fourth-order valence-electron chi connectivity index (χ4n) is 3.20. The van der Waals surface area contributed by atoms with Gasteiger partial charge in [-0.05, 0) is 48.7 Å². The first-order valence-electron chi connectivity index (χ1n) is 8.79. The molecule has 2 aliphatic heterocycles. The summed E-state index contributed by atoms with van der Waals surface area (Å²) >= 11 is 6.27. The number of fused-ring (bicyclic) bond motifs is 1. The Morgan fingerprint density at radius 1 is 1.21 bits per heavy atom. The number of carbonyl (C=O) groups excluding carboxylic acids is 2. The highest BCUT2D eigenvalue weighted by atomic mass is 32.2. The lowest BCUT2D eigenvalue weighted by molar-refractivity contribution is -0.121. The Morgan fingerprint density at radius 2 is 2.04 bits per heavy atom. The molecular weight excluding hydrogens is 392 g/mol. The number of benzene rings is 2. The molecule has 0 aliphatic carbocycles. The highest BCUT2D eigenvalue weighted by Crippen LogP contribution is 2.36. The summed E-state index contributed by atoms with van der Waals surface area (Å²) in [5.41, 5.74) is 4.90. The third kappa shape index (κ3) is 3.68. The first-order valence-corrected chi connectivity index (χ1v) is 10.0. The Hall–Kier alpha value is -2.64. The largest absolute Gasteiger partial charge is 0.482 e. The molecule has 1 N–H and O–H groups in total. The second-order valence-corrected chi connectivity index (χ2v) is 8.50. The first-order chi connectivity index (χ1) is 13.4. The highest BCUT2D eigenvalue weighted by Gasteiger charge is 2.27. The lowest BCUT2D eigenvalue weighted by Crippen LogP contribution is -2.38. The smallest absolute Gasteiger partial charge is 0.265 e. The van der Waals surface area contributed by atoms with Crippen LogP contribution in [0.4, 0.5) is 5.69 Å². The van der Waals surface area contributed by atoms with Crippen molar-refractivity contribution in [2.75, 3.05) is 11.5 Å². The molecule has 0 unspecified atom stereocenters. The van der Waals surface area contributed by atoms with E-state index in [1.165, 1.54) is 11.8 Å². The van der Waals surface area contributed by atoms with Crippen LogP contribution in [-0.4, -0.2) is 22.7 Å². The Labute approximate surface area is 172 Å². The van der Waals surface area contributed by atoms with Gasteiger partial charge in [0.2, 0.25) is 0 Å². The van der Waals surface area contributed by atoms with Gasteiger partial charge < -0.3 is 15.0 Å². The number of nitrogens with zero attached hydrogens (tertiary/aromatic N) is 1. The van der Waals surface area contributed by atoms with Crippen molar-refractivity contribution < 1.29 is 14.3 Å². The maximum Gasteiger partial charge on any atom is 0.265 e. The number of rotatable bonds is 3. The van der Waals surface area contributed by atoms with Crippen molar-refractivity contribution >= 4 is 51.9 Å². The zero-order chi connectivity index (χ0) is 19.8. The summed E-state index contributed by atoms with van der Waals surface area (Å²) in [6.07, 6.45) is 1.77. The van der Waals surface area contributed by atoms with E-state index in [9.17, 15) is 9.59 Å². The number of ether oxygens (including phenoxy) is 1. The molecule has 1 saturated heterocycles. The molecule has 2 heterocycles. The van der Waals surface area contributed by atoms with Crippen LogP contribution in [0.15, 0.2) is 41.3 Å². The van der Waals surface area contributed by atoms with Gasteiger partial charge in [0.1, 0.15) is 10.1 Å². The van der Waals surface area contributed by atoms with Crippen LogP contribution in [0.1, 0.15) is 22.3 Å². The number of hydrogen-bond donors (Lipinski definition) is 1. The quantitative estimate of drug-likeness (QED) is 0.617. The summed E-state index contributed by atoms with van der Waals surface area (Å²) in [5.74, 6) is 0.366. The van der Waals surface area contributed by atoms with E-state index in [1.54, 1.807) is 11.0 Å². The minimum absolute atomic E-state index is 0.0187. The number of thioether (sulfide) groups is 1. The van der Waals surface area contributed by atoms with Crippen molar-refractivity contribution in [3.63, 3.8) is 0 Å². The summed E-state index contributed by atoms with van der Waals surface area (Å²) in [6.45, 7) is 4.57. The maximum atomic E-state index is 12.6. The molecule has 2 amide bonds. The van der Waals surface area contributed by atoms with Crippen molar-refractivity contribution in [1.82, 2.24) is 5.32 Å². The van der Waals surface area contributed by atoms with Gasteiger partial charge in [-0.15, -0.1) is 0 Å². The summed E-state index contributed by atoms with van der Waals surface area (Å²) < 4.78 is 6.05. The predicted molar refractivity (Wildman–Crippen MR) is 115 cm³/mol. The average molecular weight is 411 g/mol. The van der Waals surface area contributed by atoms with Crippen LogP contribution >= 0.6 is 24.0 Å². The molecular formula is C21H18N2O3S2. The van der Waals surface area contributed by atoms with Gasteiger partial charge in [-0.1, -0.05) is 53.8 Å². The minimum Gasteiger partial charge on any atom is -0.482 e. The Morgan fingerprint density at radius 3 is 2.79 bits per heavy atom. The second kappa shape index (κ2) is 7.41. The molecule has 142 valence electrons. The van der Waals surface area contributed by atoms with Gasteiger partial charge in [0.05, 0.1) is 17.1 Å². The lowest BCUT2D eigenvalue weighted by atomic mass is 10.0. The standard InChI is InChI=1S/C21H18N2O3S2/c1-12-3-4-13(2)15(7-12)10-23-16-8-14(5-6-17(16)26-11-19(23)24)9-18-20(25)22-21(27)28-18/h3-9H,10-11H2,1-2H3,(H,22,25,27)/b18-9+. The van der Waals surface area contributed by atoms with Crippen LogP contribution in [0, 0.1) is 13.8 Å². The fraction of sp³-hybridized carbons (Fsp3) is 0.190. The Kier molecular flexibility index (Phi) is 4.95. The number of amides is 2. The molecule has 28 heavy (non-hydrogen) atoms. The van der Waals surface area contributed by atoms with Crippen LogP contribution in [0.2, 0.25) is 0 Å². The molecule has 0 atom stereocenters. The van der Waals surface area contributed by atoms with E-state index < -0.39 is 0 Å². The minimum atomic E-state index is -0.202. The number of carbonyl (C=O) groups is 2. The highest BCUT2D eigenvalue weighted by molar-refractivity contribution is 8.26. The Bertz CT molecular complexity index is 1050. The van der Waals surface area contributed by atoms with E-state index in [0.29, 0.717) is 27.2 Å². The van der Waals surface area contributed by atoms with Crippen molar-refractivity contribution in [1.29, 1.82) is 0 Å². The van der Waals surface area contributed by atoms with Crippen LogP contribution in [0.25, 0.3) is 6.08 Å². The van der Waals surface area contributed by atoms with Gasteiger partial charge >= 0.3 is 0 Å². The molecule has 2 aromatic carbocycles. The molecule has 0 spiro atoms. The molecule has 4 rings (SSSR count). The number of nitrogens with one attached hydrogen (secondary N) is 1. The molecule has 0 aromatic heterocycles. The fourth-order valence-corrected chi connectivity index (χ4v) is 4.24. The lowest BCUT2D eigenvalue weighted by Gasteiger charge is -2.30. The SMILES string of the molecule is Cc1ccc(C)c(CN2C(=O)COc3ccc(/C=C4/SC(=S)NC4=O)cc32)c1. The van der Waals surface area contributed by atoms with Gasteiger partial charge in [0.15, 0.2) is 6.61 Å². The molecule has 2 aromatic rings. The number of anilines is 1. The number of thiocarbonyl (C=S) groups is 1. The molecule has 5 nitrogen and oxygen atoms in total. The monoisotopic (exact) mass is 410 g/mol. The summed E-state index contributed by atoms with van der Waals surface area (Å²) in [4.78, 5) is 26.8. The zero-order valence-corrected chi connectivity index (χ0v) is 17.1. The van der Waals surface area contributed by atoms with E-state index in [4.69, 9.17) is 17.0 Å². The van der Waals surface area contributed by atoms with Gasteiger partial charge in [-0.25, -0.2) is 0 Å². The van der Waals surface area contributed by atoms with Crippen molar-refractivity contribution in [3.8, 4) is 5.75 Å². The second-order valence-electron chi connectivity index (χ2n) is 6.78. The zero-order valence-electron chi connectivity index (χ0n) is 15.4. The molecule has 7 heteroatoms. The van der Waals surface area contributed by atoms with Crippen LogP contribution < -0.4 is 15.0 Å². The van der Waals surface area contributed by atoms with Crippen LogP contribution in [0.3, 0.4) is 0 Å². The third-order valence-corrected chi connectivity index (χ3v) is 5.86. The van der Waals surface area contributed by atoms with Crippen molar-refractivity contribution in [2.45, 2.75) is 20.4 Å². The van der Waals surface area contributed by atoms with Gasteiger partial charge in [0.25, 0.3) is 11.8 Å². The van der Waals surface area contributed by atoms with Crippen molar-refractivity contribution in [3.05, 3.63) is 63.6 Å². The van der Waals surface area contributed by atoms with Gasteiger partial charge in [0, 0.05) is 0 Å². The van der Waals surface area contributed by atoms with Crippen LogP contribution in [0.5, 0.6) is 5.75 Å². The van der Waals surface area contributed by atoms with E-state index >= 15 is 0 Å². The van der Waals surface area contributed by atoms with Gasteiger partial charge in [-0.2, -0.15) is 0 Å². The van der Waals surface area contributed by atoms with Crippen LogP contribution in [-0.2, 0) is 16.1 Å². The van der Waals surface area contributed by atoms with Gasteiger partial charge in [-0.3, -0.25) is 9.59 Å². The first kappa shape index (κ1) is 18.7. The summed E-state index contributed by atoms with van der Waals surface area (Å²) in [7, 11) is 0. The normalized spacial score (nSPS) is 17.6. The molecule has 1 fully saturated rings.